The molecular formula is C21H25FN2O. The number of hydrogen-bond acceptors (Lipinski definition) is 2. The van der Waals surface area contributed by atoms with Gasteiger partial charge in [-0.3, -0.25) is 9.69 Å². The van der Waals surface area contributed by atoms with Crippen LogP contribution in [-0.2, 0) is 11.3 Å². The van der Waals surface area contributed by atoms with E-state index in [-0.39, 0.29) is 17.8 Å². The van der Waals surface area contributed by atoms with Crippen LogP contribution in [0.4, 0.5) is 4.39 Å². The first kappa shape index (κ1) is 17.6. The van der Waals surface area contributed by atoms with Crippen LogP contribution in [0.1, 0.15) is 36.9 Å². The van der Waals surface area contributed by atoms with Gasteiger partial charge < -0.3 is 5.32 Å². The SMILES string of the molecule is CC(c1ccccc1)N(CC(=O)NCc1ccc(F)cc1)CC1CC1. The van der Waals surface area contributed by atoms with Crippen molar-refractivity contribution in [2.24, 2.45) is 5.92 Å². The van der Waals surface area contributed by atoms with E-state index in [1.54, 1.807) is 12.1 Å². The molecule has 4 heteroatoms. The summed E-state index contributed by atoms with van der Waals surface area (Å²) in [4.78, 5) is 14.7. The standard InChI is InChI=1S/C21H25FN2O/c1-16(19-5-3-2-4-6-19)24(14-18-7-8-18)15-21(25)23-13-17-9-11-20(22)12-10-17/h2-6,9-12,16,18H,7-8,13-15H2,1H3,(H,23,25). The molecule has 132 valence electrons. The molecule has 25 heavy (non-hydrogen) atoms. The second kappa shape index (κ2) is 8.26. The number of amides is 1. The summed E-state index contributed by atoms with van der Waals surface area (Å²) in [5, 5.41) is 2.95. The molecule has 2 aromatic rings. The predicted octanol–water partition coefficient (Wildman–Crippen LogP) is 3.92. The van der Waals surface area contributed by atoms with E-state index in [2.05, 4.69) is 29.3 Å². The van der Waals surface area contributed by atoms with Gasteiger partial charge in [0.15, 0.2) is 0 Å². The average Bonchev–Trinajstić information content (AvgIpc) is 3.45. The molecule has 0 aliphatic heterocycles. The van der Waals surface area contributed by atoms with Gasteiger partial charge in [0.1, 0.15) is 5.82 Å². The summed E-state index contributed by atoms with van der Waals surface area (Å²) in [5.41, 5.74) is 2.13. The number of carbonyl (C=O) groups is 1. The molecule has 3 rings (SSSR count). The van der Waals surface area contributed by atoms with Gasteiger partial charge in [0.2, 0.25) is 5.91 Å². The number of nitrogens with one attached hydrogen (secondary N) is 1. The van der Waals surface area contributed by atoms with E-state index in [0.29, 0.717) is 13.1 Å². The van der Waals surface area contributed by atoms with Crippen molar-refractivity contribution in [1.82, 2.24) is 10.2 Å². The molecule has 1 N–H and O–H groups in total. The van der Waals surface area contributed by atoms with Crippen molar-refractivity contribution in [1.29, 1.82) is 0 Å². The lowest BCUT2D eigenvalue weighted by Gasteiger charge is -2.29. The summed E-state index contributed by atoms with van der Waals surface area (Å²) in [6.45, 7) is 3.93. The first-order valence-corrected chi connectivity index (χ1v) is 8.92. The zero-order valence-corrected chi connectivity index (χ0v) is 14.6. The normalized spacial score (nSPS) is 15.2. The van der Waals surface area contributed by atoms with E-state index in [4.69, 9.17) is 0 Å². The maximum Gasteiger partial charge on any atom is 0.234 e. The molecule has 0 aromatic heterocycles. The fraction of sp³-hybridized carbons (Fsp3) is 0.381. The van der Waals surface area contributed by atoms with Gasteiger partial charge in [-0.1, -0.05) is 42.5 Å². The summed E-state index contributed by atoms with van der Waals surface area (Å²) in [6.07, 6.45) is 2.52. The van der Waals surface area contributed by atoms with Gasteiger partial charge in [0, 0.05) is 19.1 Å². The van der Waals surface area contributed by atoms with E-state index in [9.17, 15) is 9.18 Å². The first-order valence-electron chi connectivity index (χ1n) is 8.92. The van der Waals surface area contributed by atoms with Crippen LogP contribution in [0, 0.1) is 11.7 Å². The fourth-order valence-corrected chi connectivity index (χ4v) is 2.98. The highest BCUT2D eigenvalue weighted by atomic mass is 19.1. The highest BCUT2D eigenvalue weighted by molar-refractivity contribution is 5.78. The summed E-state index contributed by atoms with van der Waals surface area (Å²) in [7, 11) is 0. The first-order chi connectivity index (χ1) is 12.1. The van der Waals surface area contributed by atoms with Crippen LogP contribution in [0.15, 0.2) is 54.6 Å². The van der Waals surface area contributed by atoms with Gasteiger partial charge in [-0.2, -0.15) is 0 Å². The maximum absolute atomic E-state index is 12.9. The van der Waals surface area contributed by atoms with Gasteiger partial charge in [0.25, 0.3) is 0 Å². The van der Waals surface area contributed by atoms with E-state index >= 15 is 0 Å². The molecule has 1 saturated carbocycles. The van der Waals surface area contributed by atoms with Crippen molar-refractivity contribution in [3.05, 3.63) is 71.5 Å². The third-order valence-electron chi connectivity index (χ3n) is 4.77. The summed E-state index contributed by atoms with van der Waals surface area (Å²) in [5.74, 6) is 0.464. The van der Waals surface area contributed by atoms with Crippen molar-refractivity contribution >= 4 is 5.91 Å². The minimum atomic E-state index is -0.262. The highest BCUT2D eigenvalue weighted by Gasteiger charge is 2.28. The van der Waals surface area contributed by atoms with Crippen molar-refractivity contribution in [2.45, 2.75) is 32.4 Å². The Hall–Kier alpha value is -2.20. The van der Waals surface area contributed by atoms with Gasteiger partial charge in [0.05, 0.1) is 6.54 Å². The molecule has 0 saturated heterocycles. The molecule has 1 amide bonds. The zero-order chi connectivity index (χ0) is 17.6. The molecule has 0 bridgehead atoms. The van der Waals surface area contributed by atoms with Crippen LogP contribution in [-0.4, -0.2) is 23.9 Å². The maximum atomic E-state index is 12.9. The number of rotatable bonds is 8. The minimum absolute atomic E-state index is 0.00718. The quantitative estimate of drug-likeness (QED) is 0.790. The Bertz CT molecular complexity index is 683. The Morgan fingerprint density at radius 3 is 2.48 bits per heavy atom. The zero-order valence-electron chi connectivity index (χ0n) is 14.6. The lowest BCUT2D eigenvalue weighted by Crippen LogP contribution is -2.39. The van der Waals surface area contributed by atoms with Crippen LogP contribution in [0.2, 0.25) is 0 Å². The summed E-state index contributed by atoms with van der Waals surface area (Å²) >= 11 is 0. The fourth-order valence-electron chi connectivity index (χ4n) is 2.98. The Balaban J connectivity index is 1.57. The van der Waals surface area contributed by atoms with Gasteiger partial charge in [-0.25, -0.2) is 4.39 Å². The van der Waals surface area contributed by atoms with Crippen LogP contribution >= 0.6 is 0 Å². The molecular weight excluding hydrogens is 315 g/mol. The minimum Gasteiger partial charge on any atom is -0.351 e. The van der Waals surface area contributed by atoms with Crippen LogP contribution in [0.25, 0.3) is 0 Å². The van der Waals surface area contributed by atoms with E-state index in [0.717, 1.165) is 18.0 Å². The Morgan fingerprint density at radius 1 is 1.16 bits per heavy atom. The Labute approximate surface area is 148 Å². The lowest BCUT2D eigenvalue weighted by molar-refractivity contribution is -0.123. The van der Waals surface area contributed by atoms with E-state index in [1.807, 2.05) is 18.2 Å². The van der Waals surface area contributed by atoms with E-state index < -0.39 is 0 Å². The number of halogens is 1. The smallest absolute Gasteiger partial charge is 0.234 e. The second-order valence-corrected chi connectivity index (χ2v) is 6.86. The summed E-state index contributed by atoms with van der Waals surface area (Å²) in [6, 6.07) is 16.7. The van der Waals surface area contributed by atoms with Crippen molar-refractivity contribution < 1.29 is 9.18 Å². The van der Waals surface area contributed by atoms with Crippen molar-refractivity contribution in [3.63, 3.8) is 0 Å². The number of nitrogens with zero attached hydrogens (tertiary/aromatic N) is 1. The van der Waals surface area contributed by atoms with Gasteiger partial charge in [-0.05, 0) is 48.9 Å². The summed E-state index contributed by atoms with van der Waals surface area (Å²) < 4.78 is 12.9. The third-order valence-corrected chi connectivity index (χ3v) is 4.77. The lowest BCUT2D eigenvalue weighted by atomic mass is 10.1. The Morgan fingerprint density at radius 2 is 1.84 bits per heavy atom. The molecule has 0 heterocycles. The second-order valence-electron chi connectivity index (χ2n) is 6.86. The van der Waals surface area contributed by atoms with Crippen LogP contribution in [0.3, 0.4) is 0 Å². The third kappa shape index (κ3) is 5.40. The molecule has 1 unspecified atom stereocenters. The highest BCUT2D eigenvalue weighted by Crippen LogP contribution is 2.32. The molecule has 2 aromatic carbocycles. The average molecular weight is 340 g/mol. The van der Waals surface area contributed by atoms with Crippen molar-refractivity contribution in [3.8, 4) is 0 Å². The largest absolute Gasteiger partial charge is 0.351 e. The van der Waals surface area contributed by atoms with Gasteiger partial charge in [-0.15, -0.1) is 0 Å². The number of carbonyl (C=O) groups excluding carboxylic acids is 1. The molecule has 0 radical (unpaired) electrons. The van der Waals surface area contributed by atoms with Gasteiger partial charge >= 0.3 is 0 Å². The monoisotopic (exact) mass is 340 g/mol. The number of benzene rings is 2. The predicted molar refractivity (Wildman–Crippen MR) is 97.4 cm³/mol. The molecule has 1 aliphatic carbocycles. The van der Waals surface area contributed by atoms with E-state index in [1.165, 1.54) is 30.5 Å². The molecule has 3 nitrogen and oxygen atoms in total. The topological polar surface area (TPSA) is 32.3 Å². The Kier molecular flexibility index (Phi) is 5.82. The molecule has 0 spiro atoms. The van der Waals surface area contributed by atoms with Crippen LogP contribution in [0.5, 0.6) is 0 Å². The van der Waals surface area contributed by atoms with Crippen molar-refractivity contribution in [2.75, 3.05) is 13.1 Å². The molecule has 1 atom stereocenters. The number of hydrogen-bond donors (Lipinski definition) is 1. The molecule has 1 fully saturated rings. The van der Waals surface area contributed by atoms with Crippen LogP contribution < -0.4 is 5.32 Å². The molecule has 1 aliphatic rings.